The molecule has 0 fully saturated rings. The van der Waals surface area contributed by atoms with Crippen molar-refractivity contribution in [3.8, 4) is 11.5 Å². The Balaban J connectivity index is 1.62. The highest BCUT2D eigenvalue weighted by Gasteiger charge is 2.18. The van der Waals surface area contributed by atoms with Crippen molar-refractivity contribution in [2.45, 2.75) is 19.8 Å². The first-order chi connectivity index (χ1) is 13.6. The van der Waals surface area contributed by atoms with Gasteiger partial charge in [0.2, 0.25) is 0 Å². The van der Waals surface area contributed by atoms with Crippen LogP contribution in [0, 0.1) is 0 Å². The van der Waals surface area contributed by atoms with Crippen molar-refractivity contribution in [3.05, 3.63) is 52.5 Å². The standard InChI is InChI=1S/C21H24ClN3O3/c1-3-28-21-17(22)11-15(12-19(21)27-2)13-23-24-20(26)14-25-10-6-8-16-7-4-5-9-18(16)25/h4-5,7,9,11-13H,3,6,8,10,14H2,1-2H3,(H,24,26)/b23-13-. The predicted molar refractivity (Wildman–Crippen MR) is 112 cm³/mol. The molecule has 1 aliphatic rings. The molecule has 0 saturated heterocycles. The van der Waals surface area contributed by atoms with E-state index < -0.39 is 0 Å². The zero-order valence-electron chi connectivity index (χ0n) is 16.1. The zero-order valence-corrected chi connectivity index (χ0v) is 16.8. The van der Waals surface area contributed by atoms with E-state index in [9.17, 15) is 4.79 Å². The third-order valence-electron chi connectivity index (χ3n) is 4.48. The fraction of sp³-hybridized carbons (Fsp3) is 0.333. The highest BCUT2D eigenvalue weighted by molar-refractivity contribution is 6.32. The van der Waals surface area contributed by atoms with Gasteiger partial charge in [0.25, 0.3) is 5.91 Å². The van der Waals surface area contributed by atoms with E-state index in [0.29, 0.717) is 28.7 Å². The zero-order chi connectivity index (χ0) is 19.9. The number of amides is 1. The number of aryl methyl sites for hydroxylation is 1. The summed E-state index contributed by atoms with van der Waals surface area (Å²) in [6.07, 6.45) is 3.62. The average Bonchev–Trinajstić information content (AvgIpc) is 2.70. The van der Waals surface area contributed by atoms with Crippen LogP contribution in [0.1, 0.15) is 24.5 Å². The van der Waals surface area contributed by atoms with Gasteiger partial charge in [-0.3, -0.25) is 4.79 Å². The third-order valence-corrected chi connectivity index (χ3v) is 4.76. The van der Waals surface area contributed by atoms with Gasteiger partial charge >= 0.3 is 0 Å². The van der Waals surface area contributed by atoms with Crippen molar-refractivity contribution < 1.29 is 14.3 Å². The minimum Gasteiger partial charge on any atom is -0.493 e. The summed E-state index contributed by atoms with van der Waals surface area (Å²) < 4.78 is 10.8. The lowest BCUT2D eigenvalue weighted by Gasteiger charge is -2.30. The lowest BCUT2D eigenvalue weighted by molar-refractivity contribution is -0.119. The van der Waals surface area contributed by atoms with Crippen molar-refractivity contribution in [2.75, 3.05) is 31.7 Å². The molecule has 0 saturated carbocycles. The van der Waals surface area contributed by atoms with Crippen molar-refractivity contribution in [3.63, 3.8) is 0 Å². The molecule has 28 heavy (non-hydrogen) atoms. The highest BCUT2D eigenvalue weighted by atomic mass is 35.5. The lowest BCUT2D eigenvalue weighted by Crippen LogP contribution is -2.38. The van der Waals surface area contributed by atoms with E-state index in [2.05, 4.69) is 27.6 Å². The molecule has 3 rings (SSSR count). The van der Waals surface area contributed by atoms with Crippen molar-refractivity contribution >= 4 is 29.4 Å². The molecule has 1 heterocycles. The van der Waals surface area contributed by atoms with Gasteiger partial charge in [-0.15, -0.1) is 0 Å². The number of methoxy groups -OCH3 is 1. The molecular weight excluding hydrogens is 378 g/mol. The second-order valence-corrected chi connectivity index (χ2v) is 6.82. The molecule has 0 unspecified atom stereocenters. The van der Waals surface area contributed by atoms with Crippen LogP contribution in [0.3, 0.4) is 0 Å². The maximum absolute atomic E-state index is 12.3. The summed E-state index contributed by atoms with van der Waals surface area (Å²) in [7, 11) is 1.55. The molecule has 148 valence electrons. The van der Waals surface area contributed by atoms with Gasteiger partial charge in [0, 0.05) is 12.2 Å². The second kappa shape index (κ2) is 9.46. The Kier molecular flexibility index (Phi) is 6.76. The number of ether oxygens (including phenoxy) is 2. The molecule has 2 aromatic rings. The van der Waals surface area contributed by atoms with Crippen LogP contribution in [0.15, 0.2) is 41.5 Å². The number of anilines is 1. The van der Waals surface area contributed by atoms with Crippen LogP contribution < -0.4 is 19.8 Å². The van der Waals surface area contributed by atoms with Gasteiger partial charge in [-0.2, -0.15) is 5.10 Å². The fourth-order valence-corrected chi connectivity index (χ4v) is 3.54. The minimum absolute atomic E-state index is 0.169. The Hall–Kier alpha value is -2.73. The summed E-state index contributed by atoms with van der Waals surface area (Å²) in [4.78, 5) is 14.4. The minimum atomic E-state index is -0.169. The van der Waals surface area contributed by atoms with Crippen LogP contribution in [-0.4, -0.2) is 38.9 Å². The SMILES string of the molecule is CCOc1c(Cl)cc(/C=N\NC(=O)CN2CCCc3ccccc32)cc1OC. The Morgan fingerprint density at radius 3 is 2.96 bits per heavy atom. The highest BCUT2D eigenvalue weighted by Crippen LogP contribution is 2.36. The van der Waals surface area contributed by atoms with Crippen molar-refractivity contribution in [1.29, 1.82) is 0 Å². The Morgan fingerprint density at radius 2 is 2.18 bits per heavy atom. The molecule has 0 atom stereocenters. The molecule has 0 bridgehead atoms. The Morgan fingerprint density at radius 1 is 1.36 bits per heavy atom. The number of nitrogens with zero attached hydrogens (tertiary/aromatic N) is 2. The molecular formula is C21H24ClN3O3. The number of fused-ring (bicyclic) bond motifs is 1. The van der Waals surface area contributed by atoms with Gasteiger partial charge in [-0.25, -0.2) is 5.43 Å². The normalized spacial score (nSPS) is 13.3. The molecule has 0 radical (unpaired) electrons. The van der Waals surface area contributed by atoms with E-state index in [4.69, 9.17) is 21.1 Å². The van der Waals surface area contributed by atoms with E-state index in [1.807, 2.05) is 19.1 Å². The molecule has 7 heteroatoms. The first kappa shape index (κ1) is 20.0. The monoisotopic (exact) mass is 401 g/mol. The lowest BCUT2D eigenvalue weighted by atomic mass is 10.0. The number of hydrogen-bond donors (Lipinski definition) is 1. The molecule has 1 aliphatic heterocycles. The van der Waals surface area contributed by atoms with Crippen LogP contribution in [0.4, 0.5) is 5.69 Å². The van der Waals surface area contributed by atoms with E-state index >= 15 is 0 Å². The number of benzene rings is 2. The Labute approximate surface area is 170 Å². The van der Waals surface area contributed by atoms with E-state index in [1.54, 1.807) is 19.2 Å². The van der Waals surface area contributed by atoms with Gasteiger partial charge in [-0.1, -0.05) is 29.8 Å². The molecule has 1 amide bonds. The van der Waals surface area contributed by atoms with E-state index in [0.717, 1.165) is 25.1 Å². The molecule has 0 aromatic heterocycles. The van der Waals surface area contributed by atoms with Gasteiger partial charge in [0.15, 0.2) is 11.5 Å². The number of halogens is 1. The molecule has 0 aliphatic carbocycles. The maximum Gasteiger partial charge on any atom is 0.259 e. The fourth-order valence-electron chi connectivity index (χ4n) is 3.26. The third kappa shape index (κ3) is 4.75. The number of rotatable bonds is 7. The van der Waals surface area contributed by atoms with Crippen LogP contribution >= 0.6 is 11.6 Å². The van der Waals surface area contributed by atoms with Crippen LogP contribution in [0.25, 0.3) is 0 Å². The molecule has 2 aromatic carbocycles. The second-order valence-electron chi connectivity index (χ2n) is 6.41. The van der Waals surface area contributed by atoms with E-state index in [1.165, 1.54) is 11.8 Å². The molecule has 0 spiro atoms. The largest absolute Gasteiger partial charge is 0.493 e. The van der Waals surface area contributed by atoms with Gasteiger partial charge in [0.1, 0.15) is 0 Å². The Bertz CT molecular complexity index is 870. The van der Waals surface area contributed by atoms with Crippen molar-refractivity contribution in [2.24, 2.45) is 5.10 Å². The van der Waals surface area contributed by atoms with Crippen molar-refractivity contribution in [1.82, 2.24) is 5.43 Å². The number of nitrogens with one attached hydrogen (secondary N) is 1. The maximum atomic E-state index is 12.3. The summed E-state index contributed by atoms with van der Waals surface area (Å²) in [5, 5.41) is 4.48. The van der Waals surface area contributed by atoms with Gasteiger partial charge in [-0.05, 0) is 49.1 Å². The topological polar surface area (TPSA) is 63.2 Å². The van der Waals surface area contributed by atoms with Gasteiger partial charge in [0.05, 0.1) is 31.5 Å². The van der Waals surface area contributed by atoms with Crippen LogP contribution in [-0.2, 0) is 11.2 Å². The van der Waals surface area contributed by atoms with Crippen LogP contribution in [0.5, 0.6) is 11.5 Å². The smallest absolute Gasteiger partial charge is 0.259 e. The number of carbonyl (C=O) groups is 1. The molecule has 6 nitrogen and oxygen atoms in total. The number of hydrazone groups is 1. The summed E-state index contributed by atoms with van der Waals surface area (Å²) in [5.41, 5.74) is 5.68. The summed E-state index contributed by atoms with van der Waals surface area (Å²) in [6.45, 7) is 3.49. The quantitative estimate of drug-likeness (QED) is 0.568. The van der Waals surface area contributed by atoms with E-state index in [-0.39, 0.29) is 12.5 Å². The predicted octanol–water partition coefficient (Wildman–Crippen LogP) is 3.65. The summed E-state index contributed by atoms with van der Waals surface area (Å²) >= 11 is 6.25. The number of para-hydroxylation sites is 1. The summed E-state index contributed by atoms with van der Waals surface area (Å²) in [5.74, 6) is 0.848. The number of hydrogen-bond acceptors (Lipinski definition) is 5. The average molecular weight is 402 g/mol. The number of carbonyl (C=O) groups excluding carboxylic acids is 1. The van der Waals surface area contributed by atoms with Crippen LogP contribution in [0.2, 0.25) is 5.02 Å². The molecule has 1 N–H and O–H groups in total. The van der Waals surface area contributed by atoms with Gasteiger partial charge < -0.3 is 14.4 Å². The first-order valence-corrected chi connectivity index (χ1v) is 9.65. The first-order valence-electron chi connectivity index (χ1n) is 9.27. The summed E-state index contributed by atoms with van der Waals surface area (Å²) in [6, 6.07) is 11.7.